The van der Waals surface area contributed by atoms with Gasteiger partial charge in [-0.1, -0.05) is 19.1 Å². The summed E-state index contributed by atoms with van der Waals surface area (Å²) in [5.41, 5.74) is 2.12. The van der Waals surface area contributed by atoms with E-state index in [2.05, 4.69) is 22.6 Å². The Labute approximate surface area is 156 Å². The zero-order valence-corrected chi connectivity index (χ0v) is 16.7. The monoisotopic (exact) mass is 382 g/mol. The van der Waals surface area contributed by atoms with Crippen LogP contribution in [-0.2, 0) is 24.9 Å². The average Bonchev–Trinajstić information content (AvgIpc) is 2.96. The molecule has 2 aliphatic rings. The van der Waals surface area contributed by atoms with Gasteiger partial charge in [0, 0.05) is 37.8 Å². The van der Waals surface area contributed by atoms with Crippen molar-refractivity contribution in [2.75, 3.05) is 57.5 Å². The highest BCUT2D eigenvalue weighted by molar-refractivity contribution is 7.92. The van der Waals surface area contributed by atoms with Crippen molar-refractivity contribution in [3.8, 4) is 0 Å². The molecule has 1 saturated carbocycles. The minimum atomic E-state index is -3.25. The summed E-state index contributed by atoms with van der Waals surface area (Å²) < 4.78 is 36.2. The van der Waals surface area contributed by atoms with Crippen LogP contribution in [0.4, 0.5) is 5.69 Å². The Morgan fingerprint density at radius 2 is 1.96 bits per heavy atom. The molecule has 1 saturated heterocycles. The Kier molecular flexibility index (Phi) is 5.91. The standard InChI is InChI=1S/C19H30N2O4S/c1-4-19(15-6-5-7-16(12-15)20-26(3,22)23)17-13-21(14-18(17)19)8-9-25-11-10-24-2/h5-7,12,17-18,20H,4,8-11,13-14H2,1-3H3. The second-order valence-electron chi connectivity index (χ2n) is 7.43. The fraction of sp³-hybridized carbons (Fsp3) is 0.684. The summed E-state index contributed by atoms with van der Waals surface area (Å²) in [5.74, 6) is 1.31. The fourth-order valence-corrected chi connectivity index (χ4v) is 5.23. The summed E-state index contributed by atoms with van der Waals surface area (Å²) in [7, 11) is -1.57. The Bertz CT molecular complexity index is 710. The number of sulfonamides is 1. The predicted molar refractivity (Wildman–Crippen MR) is 103 cm³/mol. The number of hydrogen-bond donors (Lipinski definition) is 1. The van der Waals surface area contributed by atoms with Gasteiger partial charge in [-0.25, -0.2) is 8.42 Å². The van der Waals surface area contributed by atoms with Gasteiger partial charge >= 0.3 is 0 Å². The molecule has 6 nitrogen and oxygen atoms in total. The Morgan fingerprint density at radius 3 is 2.58 bits per heavy atom. The van der Waals surface area contributed by atoms with Gasteiger partial charge in [-0.15, -0.1) is 0 Å². The third-order valence-corrected chi connectivity index (χ3v) is 6.49. The lowest BCUT2D eigenvalue weighted by Crippen LogP contribution is -2.32. The molecule has 0 amide bonds. The highest BCUT2D eigenvalue weighted by Gasteiger charge is 2.67. The van der Waals surface area contributed by atoms with E-state index in [1.807, 2.05) is 18.2 Å². The maximum Gasteiger partial charge on any atom is 0.229 e. The molecule has 2 atom stereocenters. The number of ether oxygens (including phenoxy) is 2. The van der Waals surface area contributed by atoms with Gasteiger partial charge in [0.15, 0.2) is 0 Å². The van der Waals surface area contributed by atoms with Crippen LogP contribution in [0.3, 0.4) is 0 Å². The SMILES string of the molecule is CCC1(c2cccc(NS(C)(=O)=O)c2)C2CN(CCOCCOC)CC21. The van der Waals surface area contributed by atoms with E-state index in [0.29, 0.717) is 30.7 Å². The molecule has 0 spiro atoms. The molecule has 1 heterocycles. The van der Waals surface area contributed by atoms with Gasteiger partial charge < -0.3 is 14.4 Å². The smallest absolute Gasteiger partial charge is 0.229 e. The molecule has 1 aromatic rings. The lowest BCUT2D eigenvalue weighted by Gasteiger charge is -2.26. The van der Waals surface area contributed by atoms with Crippen LogP contribution in [0, 0.1) is 11.8 Å². The maximum absolute atomic E-state index is 11.5. The topological polar surface area (TPSA) is 67.9 Å². The predicted octanol–water partition coefficient (Wildman–Crippen LogP) is 1.93. The summed E-state index contributed by atoms with van der Waals surface area (Å²) in [6, 6.07) is 7.93. The Hall–Kier alpha value is -1.15. The first-order chi connectivity index (χ1) is 12.4. The van der Waals surface area contributed by atoms with E-state index in [1.54, 1.807) is 7.11 Å². The molecule has 2 unspecified atom stereocenters. The third-order valence-electron chi connectivity index (χ3n) is 5.88. The third kappa shape index (κ3) is 4.06. The van der Waals surface area contributed by atoms with E-state index in [1.165, 1.54) is 11.8 Å². The van der Waals surface area contributed by atoms with Crippen LogP contribution in [0.15, 0.2) is 24.3 Å². The maximum atomic E-state index is 11.5. The molecule has 26 heavy (non-hydrogen) atoms. The number of nitrogens with zero attached hydrogens (tertiary/aromatic N) is 1. The van der Waals surface area contributed by atoms with Crippen LogP contribution < -0.4 is 4.72 Å². The van der Waals surface area contributed by atoms with Crippen LogP contribution in [-0.4, -0.2) is 66.1 Å². The van der Waals surface area contributed by atoms with Gasteiger partial charge in [0.1, 0.15) is 0 Å². The number of piperidine rings is 1. The van der Waals surface area contributed by atoms with Crippen molar-refractivity contribution >= 4 is 15.7 Å². The highest BCUT2D eigenvalue weighted by Crippen LogP contribution is 2.65. The van der Waals surface area contributed by atoms with Crippen molar-refractivity contribution in [2.24, 2.45) is 11.8 Å². The number of hydrogen-bond acceptors (Lipinski definition) is 5. The van der Waals surface area contributed by atoms with Gasteiger partial charge in [0.25, 0.3) is 0 Å². The summed E-state index contributed by atoms with van der Waals surface area (Å²) >= 11 is 0. The van der Waals surface area contributed by atoms with Crippen LogP contribution >= 0.6 is 0 Å². The van der Waals surface area contributed by atoms with Crippen molar-refractivity contribution in [1.82, 2.24) is 4.90 Å². The van der Waals surface area contributed by atoms with E-state index in [-0.39, 0.29) is 5.41 Å². The minimum absolute atomic E-state index is 0.197. The number of nitrogens with one attached hydrogen (secondary N) is 1. The van der Waals surface area contributed by atoms with Crippen LogP contribution in [0.25, 0.3) is 0 Å². The molecule has 0 aromatic heterocycles. The van der Waals surface area contributed by atoms with Gasteiger partial charge in [0.2, 0.25) is 10.0 Å². The number of anilines is 1. The number of fused-ring (bicyclic) bond motifs is 1. The van der Waals surface area contributed by atoms with Crippen molar-refractivity contribution < 1.29 is 17.9 Å². The lowest BCUT2D eigenvalue weighted by atomic mass is 9.87. The largest absolute Gasteiger partial charge is 0.382 e. The summed E-state index contributed by atoms with van der Waals surface area (Å²) in [6.07, 6.45) is 2.27. The molecule has 3 rings (SSSR count). The van der Waals surface area contributed by atoms with E-state index >= 15 is 0 Å². The second-order valence-corrected chi connectivity index (χ2v) is 9.18. The van der Waals surface area contributed by atoms with E-state index in [4.69, 9.17) is 9.47 Å². The fourth-order valence-electron chi connectivity index (χ4n) is 4.68. The molecule has 7 heteroatoms. The quantitative estimate of drug-likeness (QED) is 0.626. The van der Waals surface area contributed by atoms with Crippen LogP contribution in [0.1, 0.15) is 18.9 Å². The van der Waals surface area contributed by atoms with Gasteiger partial charge in [-0.2, -0.15) is 0 Å². The first kappa shape index (κ1) is 19.6. The zero-order chi connectivity index (χ0) is 18.8. The second kappa shape index (κ2) is 7.84. The Balaban J connectivity index is 1.59. The first-order valence-corrected chi connectivity index (χ1v) is 11.2. The van der Waals surface area contributed by atoms with Gasteiger partial charge in [0.05, 0.1) is 26.1 Å². The summed E-state index contributed by atoms with van der Waals surface area (Å²) in [6.45, 7) is 7.43. The molecular formula is C19H30N2O4S. The number of rotatable bonds is 10. The van der Waals surface area contributed by atoms with Crippen molar-refractivity contribution in [2.45, 2.75) is 18.8 Å². The number of benzene rings is 1. The Morgan fingerprint density at radius 1 is 1.23 bits per heavy atom. The molecule has 1 aliphatic heterocycles. The number of likely N-dealkylation sites (tertiary alicyclic amines) is 1. The molecule has 146 valence electrons. The average molecular weight is 383 g/mol. The molecule has 1 N–H and O–H groups in total. The lowest BCUT2D eigenvalue weighted by molar-refractivity contribution is 0.0578. The molecule has 1 aliphatic carbocycles. The van der Waals surface area contributed by atoms with Crippen LogP contribution in [0.2, 0.25) is 0 Å². The zero-order valence-electron chi connectivity index (χ0n) is 15.9. The summed E-state index contributed by atoms with van der Waals surface area (Å²) in [4.78, 5) is 2.48. The molecule has 0 radical (unpaired) electrons. The molecule has 2 fully saturated rings. The normalized spacial score (nSPS) is 28.1. The van der Waals surface area contributed by atoms with E-state index in [9.17, 15) is 8.42 Å². The molecule has 0 bridgehead atoms. The molecular weight excluding hydrogens is 352 g/mol. The van der Waals surface area contributed by atoms with Gasteiger partial charge in [-0.05, 0) is 36.0 Å². The van der Waals surface area contributed by atoms with Crippen molar-refractivity contribution in [1.29, 1.82) is 0 Å². The van der Waals surface area contributed by atoms with E-state index in [0.717, 1.165) is 32.7 Å². The van der Waals surface area contributed by atoms with Crippen LogP contribution in [0.5, 0.6) is 0 Å². The number of methoxy groups -OCH3 is 1. The van der Waals surface area contributed by atoms with Crippen molar-refractivity contribution in [3.05, 3.63) is 29.8 Å². The van der Waals surface area contributed by atoms with Gasteiger partial charge in [-0.3, -0.25) is 4.72 Å². The highest BCUT2D eigenvalue weighted by atomic mass is 32.2. The van der Waals surface area contributed by atoms with E-state index < -0.39 is 10.0 Å². The summed E-state index contributed by atoms with van der Waals surface area (Å²) in [5, 5.41) is 0. The molecule has 1 aromatic carbocycles. The van der Waals surface area contributed by atoms with Crippen molar-refractivity contribution in [3.63, 3.8) is 0 Å². The first-order valence-electron chi connectivity index (χ1n) is 9.28. The minimum Gasteiger partial charge on any atom is -0.382 e.